The SMILES string of the molecule is CC1(CCO)C(=O)NC2(COC2)c2ccc(Cl)cc21. The van der Waals surface area contributed by atoms with Gasteiger partial charge in [-0.05, 0) is 36.6 Å². The Bertz CT molecular complexity index is 541. The standard InChI is InChI=1S/C14H16ClNO3/c1-13(4-5-17)11-6-9(15)2-3-10(11)14(7-19-8-14)16-12(13)18/h2-3,6,17H,4-5,7-8H2,1H3,(H,16,18). The van der Waals surface area contributed by atoms with Crippen molar-refractivity contribution in [3.05, 3.63) is 34.3 Å². The predicted molar refractivity (Wildman–Crippen MR) is 71.1 cm³/mol. The van der Waals surface area contributed by atoms with Crippen LogP contribution in [0.25, 0.3) is 0 Å². The fraction of sp³-hybridized carbons (Fsp3) is 0.500. The number of fused-ring (bicyclic) bond motifs is 2. The summed E-state index contributed by atoms with van der Waals surface area (Å²) in [4.78, 5) is 12.5. The van der Waals surface area contributed by atoms with Crippen LogP contribution in [0.15, 0.2) is 18.2 Å². The lowest BCUT2D eigenvalue weighted by molar-refractivity contribution is -0.142. The molecule has 1 atom stereocenters. The van der Waals surface area contributed by atoms with E-state index in [2.05, 4.69) is 5.32 Å². The second kappa shape index (κ2) is 4.20. The van der Waals surface area contributed by atoms with Gasteiger partial charge in [0.2, 0.25) is 5.91 Å². The Morgan fingerprint density at radius 1 is 1.42 bits per heavy atom. The molecule has 0 bridgehead atoms. The van der Waals surface area contributed by atoms with Gasteiger partial charge >= 0.3 is 0 Å². The highest BCUT2D eigenvalue weighted by molar-refractivity contribution is 6.30. The van der Waals surface area contributed by atoms with Crippen LogP contribution in [0.4, 0.5) is 0 Å². The fourth-order valence-electron chi connectivity index (χ4n) is 2.94. The zero-order valence-electron chi connectivity index (χ0n) is 10.7. The summed E-state index contributed by atoms with van der Waals surface area (Å²) in [5, 5.41) is 12.9. The summed E-state index contributed by atoms with van der Waals surface area (Å²) in [6, 6.07) is 5.62. The van der Waals surface area contributed by atoms with Gasteiger partial charge in [-0.25, -0.2) is 0 Å². The van der Waals surface area contributed by atoms with E-state index in [-0.39, 0.29) is 12.5 Å². The molecule has 2 aliphatic rings. The van der Waals surface area contributed by atoms with Gasteiger partial charge in [-0.15, -0.1) is 0 Å². The highest BCUT2D eigenvalue weighted by atomic mass is 35.5. The summed E-state index contributed by atoms with van der Waals surface area (Å²) in [6.07, 6.45) is 0.378. The zero-order valence-corrected chi connectivity index (χ0v) is 11.5. The number of benzene rings is 1. The van der Waals surface area contributed by atoms with Crippen LogP contribution < -0.4 is 5.32 Å². The lowest BCUT2D eigenvalue weighted by atomic mass is 9.68. The number of aliphatic hydroxyl groups is 1. The first-order valence-corrected chi connectivity index (χ1v) is 6.71. The Hall–Kier alpha value is -1.10. The van der Waals surface area contributed by atoms with E-state index < -0.39 is 11.0 Å². The van der Waals surface area contributed by atoms with Gasteiger partial charge in [0.1, 0.15) is 5.54 Å². The highest BCUT2D eigenvalue weighted by Gasteiger charge is 2.53. The topological polar surface area (TPSA) is 58.6 Å². The molecule has 2 heterocycles. The molecule has 0 aliphatic carbocycles. The van der Waals surface area contributed by atoms with Crippen LogP contribution in [-0.2, 0) is 20.5 Å². The molecule has 0 saturated carbocycles. The number of aliphatic hydroxyl groups excluding tert-OH is 1. The summed E-state index contributed by atoms with van der Waals surface area (Å²) in [5.41, 5.74) is 0.807. The number of nitrogens with one attached hydrogen (secondary N) is 1. The number of carbonyl (C=O) groups excluding carboxylic acids is 1. The van der Waals surface area contributed by atoms with Crippen LogP contribution >= 0.6 is 11.6 Å². The Morgan fingerprint density at radius 3 is 2.74 bits per heavy atom. The number of halogens is 1. The van der Waals surface area contributed by atoms with Gasteiger partial charge in [0, 0.05) is 11.6 Å². The predicted octanol–water partition coefficient (Wildman–Crippen LogP) is 1.34. The lowest BCUT2D eigenvalue weighted by Gasteiger charge is -2.50. The van der Waals surface area contributed by atoms with E-state index in [4.69, 9.17) is 16.3 Å². The molecule has 1 spiro atoms. The maximum absolute atomic E-state index is 12.5. The smallest absolute Gasteiger partial charge is 0.231 e. The van der Waals surface area contributed by atoms with Gasteiger partial charge < -0.3 is 15.2 Å². The third kappa shape index (κ3) is 1.71. The first-order valence-electron chi connectivity index (χ1n) is 6.34. The molecule has 2 aliphatic heterocycles. The van der Waals surface area contributed by atoms with Gasteiger partial charge in [-0.2, -0.15) is 0 Å². The third-order valence-electron chi connectivity index (χ3n) is 4.25. The van der Waals surface area contributed by atoms with Crippen molar-refractivity contribution in [1.82, 2.24) is 5.32 Å². The van der Waals surface area contributed by atoms with Gasteiger partial charge in [0.05, 0.1) is 18.6 Å². The van der Waals surface area contributed by atoms with Gasteiger partial charge in [-0.1, -0.05) is 17.7 Å². The second-order valence-corrected chi connectivity index (χ2v) is 5.96. The van der Waals surface area contributed by atoms with Gasteiger partial charge in [-0.3, -0.25) is 4.79 Å². The number of carbonyl (C=O) groups is 1. The van der Waals surface area contributed by atoms with E-state index in [1.165, 1.54) is 0 Å². The molecule has 102 valence electrons. The van der Waals surface area contributed by atoms with Crippen LogP contribution in [0, 0.1) is 0 Å². The Morgan fingerprint density at radius 2 is 2.16 bits per heavy atom. The van der Waals surface area contributed by atoms with Crippen molar-refractivity contribution in [2.75, 3.05) is 19.8 Å². The quantitative estimate of drug-likeness (QED) is 0.860. The molecule has 19 heavy (non-hydrogen) atoms. The van der Waals surface area contributed by atoms with E-state index in [0.717, 1.165) is 11.1 Å². The number of ether oxygens (including phenoxy) is 1. The van der Waals surface area contributed by atoms with E-state index in [1.807, 2.05) is 25.1 Å². The van der Waals surface area contributed by atoms with Crippen molar-refractivity contribution in [3.63, 3.8) is 0 Å². The summed E-state index contributed by atoms with van der Waals surface area (Å²) in [7, 11) is 0. The van der Waals surface area contributed by atoms with Gasteiger partial charge in [0.15, 0.2) is 0 Å². The number of hydrogen-bond donors (Lipinski definition) is 2. The fourth-order valence-corrected chi connectivity index (χ4v) is 3.11. The van der Waals surface area contributed by atoms with Crippen molar-refractivity contribution in [3.8, 4) is 0 Å². The summed E-state index contributed by atoms with van der Waals surface area (Å²) >= 11 is 6.08. The van der Waals surface area contributed by atoms with Crippen molar-refractivity contribution < 1.29 is 14.6 Å². The summed E-state index contributed by atoms with van der Waals surface area (Å²) in [5.74, 6) is -0.0698. The minimum absolute atomic E-state index is 0.0423. The van der Waals surface area contributed by atoms with Crippen molar-refractivity contribution >= 4 is 17.5 Å². The summed E-state index contributed by atoms with van der Waals surface area (Å²) in [6.45, 7) is 2.78. The van der Waals surface area contributed by atoms with Crippen LogP contribution in [0.5, 0.6) is 0 Å². The van der Waals surface area contributed by atoms with Crippen LogP contribution in [0.3, 0.4) is 0 Å². The number of amides is 1. The Kier molecular flexibility index (Phi) is 2.85. The van der Waals surface area contributed by atoms with Gasteiger partial charge in [0.25, 0.3) is 0 Å². The average molecular weight is 282 g/mol. The molecular formula is C14H16ClNO3. The minimum atomic E-state index is -0.740. The van der Waals surface area contributed by atoms with E-state index >= 15 is 0 Å². The minimum Gasteiger partial charge on any atom is -0.396 e. The molecule has 1 aromatic rings. The van der Waals surface area contributed by atoms with E-state index in [1.54, 1.807) is 0 Å². The Labute approximate surface area is 116 Å². The molecule has 3 rings (SSSR count). The average Bonchev–Trinajstić information content (AvgIpc) is 2.33. The molecule has 1 aromatic carbocycles. The second-order valence-electron chi connectivity index (χ2n) is 5.52. The first kappa shape index (κ1) is 12.9. The van der Waals surface area contributed by atoms with Crippen LogP contribution in [-0.4, -0.2) is 30.8 Å². The van der Waals surface area contributed by atoms with Crippen molar-refractivity contribution in [2.45, 2.75) is 24.3 Å². The highest BCUT2D eigenvalue weighted by Crippen LogP contribution is 2.44. The largest absolute Gasteiger partial charge is 0.396 e. The van der Waals surface area contributed by atoms with E-state index in [9.17, 15) is 9.90 Å². The molecule has 5 heteroatoms. The molecule has 2 N–H and O–H groups in total. The normalized spacial score (nSPS) is 27.6. The number of rotatable bonds is 2. The molecule has 1 amide bonds. The molecule has 0 aromatic heterocycles. The molecule has 1 fully saturated rings. The summed E-state index contributed by atoms with van der Waals surface area (Å²) < 4.78 is 5.28. The third-order valence-corrected chi connectivity index (χ3v) is 4.49. The zero-order chi connectivity index (χ0) is 13.7. The van der Waals surface area contributed by atoms with Crippen LogP contribution in [0.1, 0.15) is 24.5 Å². The van der Waals surface area contributed by atoms with Crippen molar-refractivity contribution in [1.29, 1.82) is 0 Å². The molecule has 1 saturated heterocycles. The molecular weight excluding hydrogens is 266 g/mol. The monoisotopic (exact) mass is 281 g/mol. The maximum Gasteiger partial charge on any atom is 0.231 e. The van der Waals surface area contributed by atoms with Crippen LogP contribution in [0.2, 0.25) is 5.02 Å². The lowest BCUT2D eigenvalue weighted by Crippen LogP contribution is -2.66. The Balaban J connectivity index is 2.19. The first-order chi connectivity index (χ1) is 9.02. The maximum atomic E-state index is 12.5. The molecule has 0 radical (unpaired) electrons. The molecule has 4 nitrogen and oxygen atoms in total. The van der Waals surface area contributed by atoms with E-state index in [0.29, 0.717) is 24.7 Å². The number of hydrogen-bond acceptors (Lipinski definition) is 3. The molecule has 1 unspecified atom stereocenters. The van der Waals surface area contributed by atoms with Crippen molar-refractivity contribution in [2.24, 2.45) is 0 Å².